The summed E-state index contributed by atoms with van der Waals surface area (Å²) in [5.74, 6) is -0.599. The van der Waals surface area contributed by atoms with Crippen molar-refractivity contribution >= 4 is 11.9 Å². The first-order chi connectivity index (χ1) is 8.10. The Morgan fingerprint density at radius 1 is 1.06 bits per heavy atom. The molecule has 100 valence electrons. The molecular weight excluding hydrogens is 224 g/mol. The summed E-state index contributed by atoms with van der Waals surface area (Å²) in [5.41, 5.74) is 0. The molecule has 0 aliphatic carbocycles. The highest BCUT2D eigenvalue weighted by Crippen LogP contribution is 2.08. The molecule has 0 amide bonds. The molecule has 17 heavy (non-hydrogen) atoms. The highest BCUT2D eigenvalue weighted by atomic mass is 16.5. The fraction of sp³-hybridized carbons (Fsp3) is 0.833. The molecule has 1 atom stereocenters. The van der Waals surface area contributed by atoms with Gasteiger partial charge in [0.15, 0.2) is 0 Å². The first kappa shape index (κ1) is 15.9. The third kappa shape index (κ3) is 9.81. The number of aliphatic hydroxyl groups is 1. The van der Waals surface area contributed by atoms with E-state index in [2.05, 4.69) is 0 Å². The highest BCUT2D eigenvalue weighted by molar-refractivity contribution is 5.70. The van der Waals surface area contributed by atoms with Gasteiger partial charge in [0.2, 0.25) is 0 Å². The summed E-state index contributed by atoms with van der Waals surface area (Å²) in [4.78, 5) is 22.0. The van der Waals surface area contributed by atoms with E-state index >= 15 is 0 Å². The molecule has 0 spiro atoms. The van der Waals surface area contributed by atoms with Crippen LogP contribution in [0.4, 0.5) is 0 Å². The molecule has 0 unspecified atom stereocenters. The van der Waals surface area contributed by atoms with Crippen molar-refractivity contribution in [3.05, 3.63) is 0 Å². The molecule has 0 fully saturated rings. The monoisotopic (exact) mass is 246 g/mol. The fourth-order valence-corrected chi connectivity index (χ4v) is 1.40. The zero-order chi connectivity index (χ0) is 13.1. The summed E-state index contributed by atoms with van der Waals surface area (Å²) in [7, 11) is 0. The van der Waals surface area contributed by atoms with Gasteiger partial charge in [0.1, 0.15) is 0 Å². The molecule has 0 aromatic rings. The van der Waals surface area contributed by atoms with Crippen LogP contribution in [0.2, 0.25) is 0 Å². The molecule has 0 aliphatic rings. The average Bonchev–Trinajstić information content (AvgIpc) is 2.25. The van der Waals surface area contributed by atoms with Crippen molar-refractivity contribution < 1.29 is 24.2 Å². The van der Waals surface area contributed by atoms with Crippen LogP contribution in [-0.4, -0.2) is 36.4 Å². The smallest absolute Gasteiger partial charge is 0.308 e. The molecule has 5 heteroatoms. The van der Waals surface area contributed by atoms with Crippen molar-refractivity contribution in [2.75, 3.05) is 13.2 Å². The number of ether oxygens (including phenoxy) is 2. The molecule has 0 aromatic carbocycles. The number of unbranched alkanes of at least 4 members (excludes halogenated alkanes) is 1. The summed E-state index contributed by atoms with van der Waals surface area (Å²) < 4.78 is 9.49. The minimum absolute atomic E-state index is 0.0211. The largest absolute Gasteiger partial charge is 0.466 e. The minimum Gasteiger partial charge on any atom is -0.466 e. The van der Waals surface area contributed by atoms with E-state index in [1.54, 1.807) is 13.8 Å². The maximum atomic E-state index is 11.0. The van der Waals surface area contributed by atoms with Gasteiger partial charge in [-0.2, -0.15) is 0 Å². The summed E-state index contributed by atoms with van der Waals surface area (Å²) in [6, 6.07) is 0. The average molecular weight is 246 g/mol. The third-order valence-electron chi connectivity index (χ3n) is 2.18. The summed E-state index contributed by atoms with van der Waals surface area (Å²) in [5, 5.41) is 9.50. The van der Waals surface area contributed by atoms with E-state index < -0.39 is 6.10 Å². The van der Waals surface area contributed by atoms with Gasteiger partial charge >= 0.3 is 11.9 Å². The quantitative estimate of drug-likeness (QED) is 0.492. The van der Waals surface area contributed by atoms with Crippen molar-refractivity contribution in [3.63, 3.8) is 0 Å². The Morgan fingerprint density at radius 3 is 2.24 bits per heavy atom. The Kier molecular flexibility index (Phi) is 9.43. The molecule has 0 saturated heterocycles. The second-order valence-electron chi connectivity index (χ2n) is 3.71. The first-order valence-corrected chi connectivity index (χ1v) is 6.09. The number of carbonyl (C=O) groups excluding carboxylic acids is 2. The lowest BCUT2D eigenvalue weighted by molar-refractivity contribution is -0.146. The molecule has 0 aliphatic heterocycles. The van der Waals surface area contributed by atoms with Crippen molar-refractivity contribution in [1.29, 1.82) is 0 Å². The number of hydrogen-bond donors (Lipinski definition) is 1. The van der Waals surface area contributed by atoms with Gasteiger partial charge in [-0.05, 0) is 26.7 Å². The SMILES string of the molecule is CCOC(=O)CCCC[C@H](O)CC(=O)OCC. The van der Waals surface area contributed by atoms with Crippen molar-refractivity contribution in [2.45, 2.75) is 52.1 Å². The third-order valence-corrected chi connectivity index (χ3v) is 2.18. The lowest BCUT2D eigenvalue weighted by atomic mass is 10.1. The lowest BCUT2D eigenvalue weighted by Crippen LogP contribution is -2.15. The number of esters is 2. The van der Waals surface area contributed by atoms with Crippen molar-refractivity contribution in [2.24, 2.45) is 0 Å². The fourth-order valence-electron chi connectivity index (χ4n) is 1.40. The number of aliphatic hydroxyl groups excluding tert-OH is 1. The van der Waals surface area contributed by atoms with E-state index in [1.807, 2.05) is 0 Å². The van der Waals surface area contributed by atoms with Crippen molar-refractivity contribution in [1.82, 2.24) is 0 Å². The molecule has 0 bridgehead atoms. The Balaban J connectivity index is 3.47. The Hall–Kier alpha value is -1.10. The van der Waals surface area contributed by atoms with Gasteiger partial charge in [-0.1, -0.05) is 6.42 Å². The zero-order valence-electron chi connectivity index (χ0n) is 10.6. The molecule has 0 radical (unpaired) electrons. The summed E-state index contributed by atoms with van der Waals surface area (Å²) in [6.45, 7) is 4.21. The maximum absolute atomic E-state index is 11.0. The standard InChI is InChI=1S/C12H22O5/c1-3-16-11(14)8-6-5-7-10(13)9-12(15)17-4-2/h10,13H,3-9H2,1-2H3/t10-/m0/s1. The van der Waals surface area contributed by atoms with Gasteiger partial charge in [0, 0.05) is 6.42 Å². The molecular formula is C12H22O5. The van der Waals surface area contributed by atoms with Crippen molar-refractivity contribution in [3.8, 4) is 0 Å². The van der Waals surface area contributed by atoms with Crippen LogP contribution in [0.15, 0.2) is 0 Å². The summed E-state index contributed by atoms with van der Waals surface area (Å²) in [6.07, 6.45) is 1.56. The Morgan fingerprint density at radius 2 is 1.65 bits per heavy atom. The molecule has 1 N–H and O–H groups in total. The molecule has 0 aromatic heterocycles. The number of hydrogen-bond acceptors (Lipinski definition) is 5. The minimum atomic E-state index is -0.684. The van der Waals surface area contributed by atoms with E-state index in [9.17, 15) is 14.7 Å². The number of carbonyl (C=O) groups is 2. The maximum Gasteiger partial charge on any atom is 0.308 e. The second kappa shape index (κ2) is 10.1. The summed E-state index contributed by atoms with van der Waals surface area (Å²) >= 11 is 0. The second-order valence-corrected chi connectivity index (χ2v) is 3.71. The predicted molar refractivity (Wildman–Crippen MR) is 62.4 cm³/mol. The Bertz CT molecular complexity index is 227. The van der Waals surface area contributed by atoms with Crippen LogP contribution in [0.1, 0.15) is 46.0 Å². The van der Waals surface area contributed by atoms with E-state index in [0.717, 1.165) is 0 Å². The van der Waals surface area contributed by atoms with E-state index in [1.165, 1.54) is 0 Å². The Labute approximate surface area is 102 Å². The van der Waals surface area contributed by atoms with Crippen LogP contribution in [0, 0.1) is 0 Å². The van der Waals surface area contributed by atoms with Crippen LogP contribution < -0.4 is 0 Å². The normalized spacial score (nSPS) is 11.9. The van der Waals surface area contributed by atoms with Gasteiger partial charge in [-0.25, -0.2) is 0 Å². The van der Waals surface area contributed by atoms with Gasteiger partial charge in [0.25, 0.3) is 0 Å². The van der Waals surface area contributed by atoms with Crippen LogP contribution in [0.25, 0.3) is 0 Å². The molecule has 0 rings (SSSR count). The topological polar surface area (TPSA) is 72.8 Å². The zero-order valence-corrected chi connectivity index (χ0v) is 10.6. The van der Waals surface area contributed by atoms with E-state index in [0.29, 0.717) is 38.9 Å². The molecule has 5 nitrogen and oxygen atoms in total. The van der Waals surface area contributed by atoms with Gasteiger partial charge in [0.05, 0.1) is 25.7 Å². The van der Waals surface area contributed by atoms with Crippen LogP contribution in [0.3, 0.4) is 0 Å². The number of rotatable bonds is 9. The highest BCUT2D eigenvalue weighted by Gasteiger charge is 2.11. The first-order valence-electron chi connectivity index (χ1n) is 6.09. The van der Waals surface area contributed by atoms with Gasteiger partial charge in [-0.15, -0.1) is 0 Å². The van der Waals surface area contributed by atoms with Gasteiger partial charge in [-0.3, -0.25) is 9.59 Å². The van der Waals surface area contributed by atoms with Crippen LogP contribution in [0.5, 0.6) is 0 Å². The van der Waals surface area contributed by atoms with Crippen LogP contribution in [-0.2, 0) is 19.1 Å². The van der Waals surface area contributed by atoms with E-state index in [4.69, 9.17) is 9.47 Å². The molecule has 0 saturated carbocycles. The van der Waals surface area contributed by atoms with Crippen LogP contribution >= 0.6 is 0 Å². The van der Waals surface area contributed by atoms with E-state index in [-0.39, 0.29) is 18.4 Å². The van der Waals surface area contributed by atoms with Gasteiger partial charge < -0.3 is 14.6 Å². The molecule has 0 heterocycles. The lowest BCUT2D eigenvalue weighted by Gasteiger charge is -2.09. The predicted octanol–water partition coefficient (Wildman–Crippen LogP) is 1.42.